The highest BCUT2D eigenvalue weighted by atomic mass is 19.4. The molecule has 4 heteroatoms. The lowest BCUT2D eigenvalue weighted by Gasteiger charge is -2.26. The predicted molar refractivity (Wildman–Crippen MR) is 64.6 cm³/mol. The largest absolute Gasteiger partial charge is 0.476 e. The molecule has 0 N–H and O–H groups in total. The Hall–Kier alpha value is -1.45. The first kappa shape index (κ1) is 13.0. The molecule has 1 aromatic carbocycles. The van der Waals surface area contributed by atoms with Gasteiger partial charge in [-0.15, -0.1) is 0 Å². The van der Waals surface area contributed by atoms with Crippen molar-refractivity contribution in [3.8, 4) is 5.75 Å². The molecule has 0 fully saturated rings. The predicted octanol–water partition coefficient (Wildman–Crippen LogP) is 4.32. The third kappa shape index (κ3) is 2.52. The third-order valence-corrected chi connectivity index (χ3v) is 2.90. The van der Waals surface area contributed by atoms with E-state index in [1.165, 1.54) is 6.08 Å². The van der Waals surface area contributed by atoms with Gasteiger partial charge < -0.3 is 4.74 Å². The normalized spacial score (nSPS) is 19.3. The van der Waals surface area contributed by atoms with Crippen LogP contribution in [0.4, 0.5) is 13.2 Å². The van der Waals surface area contributed by atoms with Gasteiger partial charge in [-0.05, 0) is 29.2 Å². The van der Waals surface area contributed by atoms with Gasteiger partial charge in [-0.2, -0.15) is 13.2 Å². The summed E-state index contributed by atoms with van der Waals surface area (Å²) in [4.78, 5) is 0. The van der Waals surface area contributed by atoms with Gasteiger partial charge in [-0.3, -0.25) is 0 Å². The van der Waals surface area contributed by atoms with Gasteiger partial charge in [0.2, 0.25) is 6.10 Å². The Morgan fingerprint density at radius 3 is 2.33 bits per heavy atom. The van der Waals surface area contributed by atoms with Crippen molar-refractivity contribution in [2.24, 2.45) is 0 Å². The fraction of sp³-hybridized carbons (Fsp3) is 0.429. The zero-order chi connectivity index (χ0) is 13.6. The number of benzene rings is 1. The van der Waals surface area contributed by atoms with Crippen LogP contribution in [0, 0.1) is 0 Å². The maximum atomic E-state index is 12.5. The number of hydrogen-bond donors (Lipinski definition) is 0. The Bertz CT molecular complexity index is 481. The number of hydrogen-bond acceptors (Lipinski definition) is 1. The van der Waals surface area contributed by atoms with Crippen molar-refractivity contribution in [2.75, 3.05) is 0 Å². The van der Waals surface area contributed by atoms with E-state index in [1.54, 1.807) is 6.07 Å². The molecule has 1 heterocycles. The van der Waals surface area contributed by atoms with Crippen LogP contribution in [0.5, 0.6) is 5.75 Å². The van der Waals surface area contributed by atoms with E-state index in [4.69, 9.17) is 4.74 Å². The van der Waals surface area contributed by atoms with Gasteiger partial charge in [0.15, 0.2) is 0 Å². The SMILES string of the molecule is CC(C)(C)c1ccc2c(c1)C=C[C@@H](C(F)(F)F)O2. The second-order valence-corrected chi connectivity index (χ2v) is 5.44. The third-order valence-electron chi connectivity index (χ3n) is 2.90. The fourth-order valence-corrected chi connectivity index (χ4v) is 1.80. The highest BCUT2D eigenvalue weighted by Gasteiger charge is 2.41. The summed E-state index contributed by atoms with van der Waals surface area (Å²) in [5.41, 5.74) is 1.73. The van der Waals surface area contributed by atoms with E-state index < -0.39 is 12.3 Å². The molecule has 0 aromatic heterocycles. The average molecular weight is 256 g/mol. The molecule has 0 radical (unpaired) electrons. The van der Waals surface area contributed by atoms with Crippen LogP contribution in [0.3, 0.4) is 0 Å². The van der Waals surface area contributed by atoms with Crippen LogP contribution < -0.4 is 4.74 Å². The first-order valence-electron chi connectivity index (χ1n) is 5.74. The maximum absolute atomic E-state index is 12.5. The molecule has 1 aliphatic heterocycles. The Kier molecular flexibility index (Phi) is 2.92. The molecule has 0 bridgehead atoms. The van der Waals surface area contributed by atoms with Crippen LogP contribution in [-0.4, -0.2) is 12.3 Å². The van der Waals surface area contributed by atoms with E-state index in [9.17, 15) is 13.2 Å². The summed E-state index contributed by atoms with van der Waals surface area (Å²) in [5.74, 6) is 0.285. The highest BCUT2D eigenvalue weighted by Crippen LogP contribution is 2.35. The molecule has 0 spiro atoms. The van der Waals surface area contributed by atoms with E-state index in [-0.39, 0.29) is 11.2 Å². The minimum absolute atomic E-state index is 0.0380. The minimum atomic E-state index is -4.36. The van der Waals surface area contributed by atoms with Crippen LogP contribution in [0.1, 0.15) is 31.9 Å². The number of rotatable bonds is 0. The van der Waals surface area contributed by atoms with E-state index in [1.807, 2.05) is 12.1 Å². The lowest BCUT2D eigenvalue weighted by molar-refractivity contribution is -0.180. The van der Waals surface area contributed by atoms with Gasteiger partial charge in [0.05, 0.1) is 0 Å². The summed E-state index contributed by atoms with van der Waals surface area (Å²) >= 11 is 0. The van der Waals surface area contributed by atoms with Crippen LogP contribution in [0.15, 0.2) is 24.3 Å². The summed E-state index contributed by atoms with van der Waals surface area (Å²) in [5, 5.41) is 0. The highest BCUT2D eigenvalue weighted by molar-refractivity contribution is 5.61. The van der Waals surface area contributed by atoms with Crippen molar-refractivity contribution >= 4 is 6.08 Å². The summed E-state index contributed by atoms with van der Waals surface area (Å²) in [6, 6.07) is 5.29. The molecule has 1 nitrogen and oxygen atoms in total. The first-order chi connectivity index (χ1) is 8.18. The molecule has 1 aliphatic rings. The average Bonchev–Trinajstić information content (AvgIpc) is 2.25. The van der Waals surface area contributed by atoms with E-state index in [0.29, 0.717) is 5.56 Å². The van der Waals surface area contributed by atoms with Crippen molar-refractivity contribution in [2.45, 2.75) is 38.5 Å². The Morgan fingerprint density at radius 2 is 1.78 bits per heavy atom. The minimum Gasteiger partial charge on any atom is -0.476 e. The number of alkyl halides is 3. The van der Waals surface area contributed by atoms with E-state index in [0.717, 1.165) is 11.6 Å². The number of ether oxygens (including phenoxy) is 1. The lowest BCUT2D eigenvalue weighted by atomic mass is 9.86. The molecule has 0 aliphatic carbocycles. The Labute approximate surface area is 104 Å². The molecule has 98 valence electrons. The fourth-order valence-electron chi connectivity index (χ4n) is 1.80. The van der Waals surface area contributed by atoms with Crippen LogP contribution >= 0.6 is 0 Å². The quantitative estimate of drug-likeness (QED) is 0.671. The Balaban J connectivity index is 2.33. The van der Waals surface area contributed by atoms with Crippen molar-refractivity contribution in [1.82, 2.24) is 0 Å². The van der Waals surface area contributed by atoms with E-state index in [2.05, 4.69) is 20.8 Å². The molecule has 1 atom stereocenters. The first-order valence-corrected chi connectivity index (χ1v) is 5.74. The van der Waals surface area contributed by atoms with Crippen LogP contribution in [0.2, 0.25) is 0 Å². The van der Waals surface area contributed by atoms with Gasteiger partial charge in [-0.25, -0.2) is 0 Å². The monoisotopic (exact) mass is 256 g/mol. The van der Waals surface area contributed by atoms with Crippen molar-refractivity contribution in [3.05, 3.63) is 35.4 Å². The van der Waals surface area contributed by atoms with Gasteiger partial charge in [-0.1, -0.05) is 32.9 Å². The summed E-state index contributed by atoms with van der Waals surface area (Å²) in [6.45, 7) is 6.17. The van der Waals surface area contributed by atoms with Crippen molar-refractivity contribution < 1.29 is 17.9 Å². The molecule has 0 unspecified atom stereocenters. The van der Waals surface area contributed by atoms with Crippen molar-refractivity contribution in [3.63, 3.8) is 0 Å². The molecule has 18 heavy (non-hydrogen) atoms. The van der Waals surface area contributed by atoms with Crippen LogP contribution in [0.25, 0.3) is 6.08 Å². The molecular formula is C14H15F3O. The van der Waals surface area contributed by atoms with Gasteiger partial charge in [0.25, 0.3) is 0 Å². The molecule has 0 saturated heterocycles. The summed E-state index contributed by atoms with van der Waals surface area (Å²) < 4.78 is 42.5. The number of halogens is 3. The zero-order valence-corrected chi connectivity index (χ0v) is 10.5. The molecule has 0 amide bonds. The summed E-state index contributed by atoms with van der Waals surface area (Å²) in [7, 11) is 0. The number of fused-ring (bicyclic) bond motifs is 1. The molecule has 0 saturated carbocycles. The maximum Gasteiger partial charge on any atom is 0.429 e. The smallest absolute Gasteiger partial charge is 0.429 e. The Morgan fingerprint density at radius 1 is 1.11 bits per heavy atom. The second kappa shape index (κ2) is 4.04. The molecule has 1 aromatic rings. The van der Waals surface area contributed by atoms with E-state index >= 15 is 0 Å². The molecule has 2 rings (SSSR count). The van der Waals surface area contributed by atoms with Gasteiger partial charge in [0.1, 0.15) is 5.75 Å². The topological polar surface area (TPSA) is 9.23 Å². The molecular weight excluding hydrogens is 241 g/mol. The zero-order valence-electron chi connectivity index (χ0n) is 10.5. The van der Waals surface area contributed by atoms with Gasteiger partial charge in [0, 0.05) is 5.56 Å². The second-order valence-electron chi connectivity index (χ2n) is 5.44. The lowest BCUT2D eigenvalue weighted by Crippen LogP contribution is -2.33. The summed E-state index contributed by atoms with van der Waals surface area (Å²) in [6.07, 6.45) is -3.68. The van der Waals surface area contributed by atoms with Gasteiger partial charge >= 0.3 is 6.18 Å². The standard InChI is InChI=1S/C14H15F3O/c1-13(2,3)10-5-6-11-9(8-10)4-7-12(18-11)14(15,16)17/h4-8,12H,1-3H3/t12-/m0/s1. The van der Waals surface area contributed by atoms with Crippen LogP contribution in [-0.2, 0) is 5.41 Å². The van der Waals surface area contributed by atoms with Crippen molar-refractivity contribution in [1.29, 1.82) is 0 Å².